The topological polar surface area (TPSA) is 88.9 Å². The van der Waals surface area contributed by atoms with E-state index in [2.05, 4.69) is 71.6 Å². The molecule has 2 aliphatic heterocycles. The van der Waals surface area contributed by atoms with E-state index in [1.807, 2.05) is 90.1 Å². The first-order valence-electron chi connectivity index (χ1n) is 17.1. The lowest BCUT2D eigenvalue weighted by Crippen LogP contribution is -2.40. The van der Waals surface area contributed by atoms with Crippen molar-refractivity contribution < 1.29 is 0 Å². The molecule has 7 heteroatoms. The van der Waals surface area contributed by atoms with Crippen LogP contribution in [0, 0.1) is 5.41 Å². The van der Waals surface area contributed by atoms with E-state index in [9.17, 15) is 5.41 Å². The summed E-state index contributed by atoms with van der Waals surface area (Å²) >= 11 is 0. The lowest BCUT2D eigenvalue weighted by atomic mass is 9.91. The fourth-order valence-corrected chi connectivity index (χ4v) is 7.12. The Morgan fingerprint density at radius 2 is 1.28 bits per heavy atom. The zero-order valence-corrected chi connectivity index (χ0v) is 29.2. The molecule has 50 heavy (non-hydrogen) atoms. The van der Waals surface area contributed by atoms with E-state index < -0.39 is 11.3 Å². The molecule has 0 radical (unpaired) electrons. The van der Waals surface area contributed by atoms with E-state index in [1.165, 1.54) is 10.8 Å². The summed E-state index contributed by atoms with van der Waals surface area (Å²) in [5.74, 6) is 0. The maximum atomic E-state index is 9.59. The molecule has 2 heterocycles. The lowest BCUT2D eigenvalue weighted by Gasteiger charge is -2.31. The van der Waals surface area contributed by atoms with Gasteiger partial charge in [-0.2, -0.15) is 0 Å². The monoisotopic (exact) mass is 653 g/mol. The van der Waals surface area contributed by atoms with E-state index in [1.54, 1.807) is 0 Å². The van der Waals surface area contributed by atoms with Crippen molar-refractivity contribution in [2.75, 3.05) is 4.90 Å². The molecule has 246 valence electrons. The van der Waals surface area contributed by atoms with Crippen LogP contribution >= 0.6 is 0 Å². The van der Waals surface area contributed by atoms with Crippen molar-refractivity contribution in [2.45, 2.75) is 58.9 Å². The molecule has 1 aliphatic carbocycles. The van der Waals surface area contributed by atoms with Crippen LogP contribution in [0.4, 0.5) is 11.4 Å². The molecule has 0 fully saturated rings. The number of para-hydroxylation sites is 1. The van der Waals surface area contributed by atoms with Crippen LogP contribution in [-0.4, -0.2) is 28.8 Å². The molecule has 0 bridgehead atoms. The van der Waals surface area contributed by atoms with Gasteiger partial charge in [0.25, 0.3) is 0 Å². The van der Waals surface area contributed by atoms with Crippen molar-refractivity contribution in [2.24, 2.45) is 25.0 Å². The Kier molecular flexibility index (Phi) is 7.33. The normalized spacial score (nSPS) is 17.7. The van der Waals surface area contributed by atoms with Gasteiger partial charge in [-0.3, -0.25) is 30.4 Å². The first-order chi connectivity index (χ1) is 24.0. The van der Waals surface area contributed by atoms with Crippen LogP contribution in [-0.2, 0) is 0 Å². The quantitative estimate of drug-likeness (QED) is 0.189. The Morgan fingerprint density at radius 1 is 0.620 bits per heavy atom. The molecule has 7 nitrogen and oxygen atoms in total. The van der Waals surface area contributed by atoms with E-state index in [-0.39, 0.29) is 6.04 Å². The molecule has 0 saturated carbocycles. The highest BCUT2D eigenvalue weighted by Crippen LogP contribution is 2.34. The zero-order valence-electron chi connectivity index (χ0n) is 29.2. The van der Waals surface area contributed by atoms with Gasteiger partial charge >= 0.3 is 0 Å². The predicted octanol–water partition coefficient (Wildman–Crippen LogP) is 7.47. The summed E-state index contributed by atoms with van der Waals surface area (Å²) in [7, 11) is 0. The summed E-state index contributed by atoms with van der Waals surface area (Å²) < 4.78 is 0. The Labute approximate surface area is 291 Å². The standard InChI is InChI=1S/C43H39N7/c1-26(2)45-40-35(24-22-30(37(40)44)28-14-8-7-9-15-28)50(34-21-13-20-33-39(34)48-42(3,4)46-33)36-25-23-32(38-41(36)49-43(5,6)47-38)31-19-12-17-27-16-10-11-18-29(27)31/h7-26,44H,1-6H3. The van der Waals surface area contributed by atoms with Crippen LogP contribution in [0.2, 0.25) is 0 Å². The van der Waals surface area contributed by atoms with Gasteiger partial charge in [-0.25, -0.2) is 0 Å². The molecule has 0 saturated heterocycles. The Morgan fingerprint density at radius 3 is 2.08 bits per heavy atom. The number of hydrogen-bond donors (Lipinski definition) is 1. The van der Waals surface area contributed by atoms with Crippen molar-refractivity contribution in [1.29, 1.82) is 5.41 Å². The summed E-state index contributed by atoms with van der Waals surface area (Å²) in [5, 5.41) is 15.2. The summed E-state index contributed by atoms with van der Waals surface area (Å²) in [4.78, 5) is 27.9. The molecule has 1 N–H and O–H groups in total. The number of nitrogens with zero attached hydrogens (tertiary/aromatic N) is 6. The van der Waals surface area contributed by atoms with Crippen LogP contribution in [0.15, 0.2) is 146 Å². The lowest BCUT2D eigenvalue weighted by molar-refractivity contribution is 0.549. The van der Waals surface area contributed by atoms with Gasteiger partial charge in [0.05, 0.1) is 33.5 Å². The average Bonchev–Trinajstić information content (AvgIpc) is 3.60. The molecule has 0 spiro atoms. The second-order valence-corrected chi connectivity index (χ2v) is 14.2. The predicted molar refractivity (Wildman–Crippen MR) is 204 cm³/mol. The number of fused-ring (bicyclic) bond motifs is 3. The summed E-state index contributed by atoms with van der Waals surface area (Å²) in [5.41, 5.74) is 6.11. The van der Waals surface area contributed by atoms with Gasteiger partial charge in [0.1, 0.15) is 27.8 Å². The number of rotatable bonds is 6. The molecule has 8 rings (SSSR count). The van der Waals surface area contributed by atoms with Gasteiger partial charge in [0.15, 0.2) is 0 Å². The maximum Gasteiger partial charge on any atom is 0.146 e. The minimum Gasteiger partial charge on any atom is -0.304 e. The van der Waals surface area contributed by atoms with E-state index in [0.717, 1.165) is 60.8 Å². The van der Waals surface area contributed by atoms with Crippen molar-refractivity contribution in [1.82, 2.24) is 0 Å². The number of anilines is 2. The SMILES string of the molecule is CC(C)N=C1C(=N)C(c2ccccc2)=CC=C1N(c1cccc2c1=NC(C)(C)N=2)c1ccc(-c2cccc3ccccc23)c2c1=NC(C)(C)N=2. The summed E-state index contributed by atoms with van der Waals surface area (Å²) in [6, 6.07) is 35.3. The first-order valence-corrected chi connectivity index (χ1v) is 17.1. The molecule has 0 atom stereocenters. The fourth-order valence-electron chi connectivity index (χ4n) is 7.12. The molecule has 0 unspecified atom stereocenters. The second kappa shape index (κ2) is 11.7. The number of hydrogen-bond acceptors (Lipinski definition) is 7. The summed E-state index contributed by atoms with van der Waals surface area (Å²) in [6.07, 6.45) is 4.12. The Bertz CT molecular complexity index is 2580. The number of benzene rings is 5. The van der Waals surface area contributed by atoms with Crippen molar-refractivity contribution in [3.05, 3.63) is 148 Å². The number of allylic oxidation sites excluding steroid dienone is 4. The van der Waals surface area contributed by atoms with Crippen LogP contribution in [0.3, 0.4) is 0 Å². The largest absolute Gasteiger partial charge is 0.304 e. The third-order valence-corrected chi connectivity index (χ3v) is 9.10. The molecule has 5 aromatic rings. The third-order valence-electron chi connectivity index (χ3n) is 9.10. The van der Waals surface area contributed by atoms with Gasteiger partial charge in [-0.15, -0.1) is 0 Å². The maximum absolute atomic E-state index is 9.59. The highest BCUT2D eigenvalue weighted by Gasteiger charge is 2.33. The Hall–Kier alpha value is -5.82. The van der Waals surface area contributed by atoms with Gasteiger partial charge in [0.2, 0.25) is 0 Å². The molecule has 0 aromatic heterocycles. The van der Waals surface area contributed by atoms with Crippen LogP contribution in [0.25, 0.3) is 27.5 Å². The highest BCUT2D eigenvalue weighted by molar-refractivity contribution is 6.62. The second-order valence-electron chi connectivity index (χ2n) is 14.2. The van der Waals surface area contributed by atoms with E-state index in [0.29, 0.717) is 11.4 Å². The molecular weight excluding hydrogens is 615 g/mol. The van der Waals surface area contributed by atoms with Gasteiger partial charge < -0.3 is 4.90 Å². The van der Waals surface area contributed by atoms with Crippen LogP contribution < -0.4 is 26.3 Å². The zero-order chi connectivity index (χ0) is 34.8. The minimum absolute atomic E-state index is 0.0519. The van der Waals surface area contributed by atoms with Gasteiger partial charge in [0, 0.05) is 17.2 Å². The highest BCUT2D eigenvalue weighted by atomic mass is 15.2. The minimum atomic E-state index is -0.674. The van der Waals surface area contributed by atoms with Gasteiger partial charge in [-0.1, -0.05) is 78.9 Å². The molecule has 5 aromatic carbocycles. The number of aliphatic imine (C=N–C) groups is 1. The van der Waals surface area contributed by atoms with Crippen LogP contribution in [0.5, 0.6) is 0 Å². The van der Waals surface area contributed by atoms with Crippen LogP contribution in [0.1, 0.15) is 47.1 Å². The van der Waals surface area contributed by atoms with E-state index in [4.69, 9.17) is 25.0 Å². The van der Waals surface area contributed by atoms with Gasteiger partial charge in [-0.05, 0) is 99.9 Å². The molecule has 3 aliphatic rings. The summed E-state index contributed by atoms with van der Waals surface area (Å²) in [6.45, 7) is 12.2. The fraction of sp³-hybridized carbons (Fsp3) is 0.209. The average molecular weight is 654 g/mol. The first kappa shape index (κ1) is 31.4. The van der Waals surface area contributed by atoms with E-state index >= 15 is 0 Å². The molecular formula is C43H39N7. The smallest absolute Gasteiger partial charge is 0.146 e. The van der Waals surface area contributed by atoms with Crippen molar-refractivity contribution >= 4 is 39.1 Å². The van der Waals surface area contributed by atoms with Crippen molar-refractivity contribution in [3.63, 3.8) is 0 Å². The number of nitrogens with one attached hydrogen (secondary N) is 1. The Balaban J connectivity index is 1.45. The van der Waals surface area contributed by atoms with Crippen molar-refractivity contribution in [3.8, 4) is 11.1 Å². The molecule has 0 amide bonds. The third kappa shape index (κ3) is 5.39.